The predicted octanol–water partition coefficient (Wildman–Crippen LogP) is -11.1. The van der Waals surface area contributed by atoms with E-state index in [2.05, 4.69) is 0 Å². The molecule has 0 saturated heterocycles. The van der Waals surface area contributed by atoms with Gasteiger partial charge in [0.25, 0.3) is 0 Å². The summed E-state index contributed by atoms with van der Waals surface area (Å²) >= 11 is 0. The molecule has 0 rings (SSSR count). The second kappa shape index (κ2) is 239. The normalized spacial score (nSPS) is 0. The van der Waals surface area contributed by atoms with E-state index >= 15 is 0 Å². The smallest absolute Gasteiger partial charge is 1.00 e. The molecule has 0 aromatic rings. The molecule has 0 aliphatic carbocycles. The molecule has 0 spiro atoms. The minimum Gasteiger partial charge on any atom is -1.00 e. The summed E-state index contributed by atoms with van der Waals surface area (Å²) in [6.45, 7) is 0. The molecule has 0 aliphatic rings. The Bertz CT molecular complexity index is 13.8. The van der Waals surface area contributed by atoms with Gasteiger partial charge in [0.05, 0.1) is 0 Å². The third kappa shape index (κ3) is 188. The molecular formula is H5Al2Cl3O4. The van der Waals surface area contributed by atoms with Gasteiger partial charge in [-0.25, -0.2) is 0 Å². The molecule has 5 N–H and O–H groups in total. The van der Waals surface area contributed by atoms with Gasteiger partial charge in [-0.3, -0.25) is 0 Å². The van der Waals surface area contributed by atoms with Crippen molar-refractivity contribution in [2.45, 2.75) is 0 Å². The van der Waals surface area contributed by atoms with Crippen LogP contribution >= 0.6 is 0 Å². The van der Waals surface area contributed by atoms with Crippen LogP contribution in [0, 0.1) is 0 Å². The maximum atomic E-state index is 0. The summed E-state index contributed by atoms with van der Waals surface area (Å²) in [5.74, 6) is 0. The van der Waals surface area contributed by atoms with E-state index < -0.39 is 0 Å². The Labute approximate surface area is 93.5 Å². The minimum absolute atomic E-state index is 0. The van der Waals surface area contributed by atoms with Crippen LogP contribution in [-0.4, -0.2) is 56.6 Å². The third-order valence-electron chi connectivity index (χ3n) is 0. The third-order valence-corrected chi connectivity index (χ3v) is 0. The Hall–Kier alpha value is 1.77. The molecule has 0 amide bonds. The van der Waals surface area contributed by atoms with E-state index in [0.29, 0.717) is 0 Å². The van der Waals surface area contributed by atoms with Crippen LogP contribution in [0.25, 0.3) is 0 Å². The molecule has 4 nitrogen and oxygen atoms in total. The summed E-state index contributed by atoms with van der Waals surface area (Å²) < 4.78 is 0. The van der Waals surface area contributed by atoms with Gasteiger partial charge < -0.3 is 59.1 Å². The van der Waals surface area contributed by atoms with Crippen molar-refractivity contribution in [3.63, 3.8) is 0 Å². The monoisotopic (exact) mass is 228 g/mol. The first-order chi connectivity index (χ1) is 0. The van der Waals surface area contributed by atoms with Crippen molar-refractivity contribution < 1.29 is 59.1 Å². The van der Waals surface area contributed by atoms with E-state index in [4.69, 9.17) is 0 Å². The van der Waals surface area contributed by atoms with Crippen LogP contribution < -0.4 is 37.2 Å². The van der Waals surface area contributed by atoms with Crippen molar-refractivity contribution in [1.82, 2.24) is 0 Å². The van der Waals surface area contributed by atoms with Crippen LogP contribution in [0.3, 0.4) is 0 Å². The van der Waals surface area contributed by atoms with Crippen molar-refractivity contribution in [3.05, 3.63) is 0 Å². The van der Waals surface area contributed by atoms with Gasteiger partial charge in [-0.2, -0.15) is 0 Å². The first kappa shape index (κ1) is 327. The summed E-state index contributed by atoms with van der Waals surface area (Å²) in [5.41, 5.74) is 0. The maximum absolute atomic E-state index is 0. The Morgan fingerprint density at radius 1 is 0.444 bits per heavy atom. The predicted molar refractivity (Wildman–Crippen MR) is 20.9 cm³/mol. The standard InChI is InChI=1S/2Al.3ClH.4H2O/h;;3*1H;4*1H2/q2*+3;;;;;;;/p-6. The quantitative estimate of drug-likeness (QED) is 0.383. The molecule has 0 aliphatic heterocycles. The molecule has 0 unspecified atom stereocenters. The van der Waals surface area contributed by atoms with E-state index in [0.717, 1.165) is 0 Å². The summed E-state index contributed by atoms with van der Waals surface area (Å²) in [7, 11) is 0. The van der Waals surface area contributed by atoms with E-state index in [1.165, 1.54) is 0 Å². The van der Waals surface area contributed by atoms with Gasteiger partial charge in [-0.1, -0.05) is 0 Å². The molecule has 9 heavy (non-hydrogen) atoms. The van der Waals surface area contributed by atoms with Crippen molar-refractivity contribution >= 4 is 34.7 Å². The molecule has 0 aromatic carbocycles. The summed E-state index contributed by atoms with van der Waals surface area (Å²) in [4.78, 5) is 0. The van der Waals surface area contributed by atoms with Crippen LogP contribution in [0.15, 0.2) is 0 Å². The zero-order chi connectivity index (χ0) is 0. The van der Waals surface area contributed by atoms with Crippen LogP contribution in [-0.2, 0) is 0 Å². The fourth-order valence-electron chi connectivity index (χ4n) is 0. The van der Waals surface area contributed by atoms with Crippen molar-refractivity contribution in [2.75, 3.05) is 0 Å². The Morgan fingerprint density at radius 2 is 0.444 bits per heavy atom. The van der Waals surface area contributed by atoms with Gasteiger partial charge in [0.15, 0.2) is 0 Å². The molecule has 0 radical (unpaired) electrons. The Morgan fingerprint density at radius 3 is 0.444 bits per heavy atom. The molecule has 0 bridgehead atoms. The largest absolute Gasteiger partial charge is 3.00 e. The van der Waals surface area contributed by atoms with E-state index in [1.807, 2.05) is 0 Å². The summed E-state index contributed by atoms with van der Waals surface area (Å²) in [6.07, 6.45) is 0. The van der Waals surface area contributed by atoms with Gasteiger partial charge in [-0.15, -0.1) is 0 Å². The fraction of sp³-hybridized carbons (Fsp3) is 0. The van der Waals surface area contributed by atoms with Crippen LogP contribution in [0.1, 0.15) is 0 Å². The maximum Gasteiger partial charge on any atom is 3.00 e. The number of hydrogen-bond acceptors (Lipinski definition) is 3. The first-order valence-electron chi connectivity index (χ1n) is 0. The SMILES string of the molecule is O.[Al+3].[Al+3].[Cl-].[Cl-].[Cl-].[OH-].[OH-].[OH-]. The summed E-state index contributed by atoms with van der Waals surface area (Å²) in [5, 5.41) is 0. The summed E-state index contributed by atoms with van der Waals surface area (Å²) in [6, 6.07) is 0. The number of rotatable bonds is 0. The molecule has 0 fully saturated rings. The average Bonchev–Trinajstić information content (AvgIpc) is 0. The van der Waals surface area contributed by atoms with E-state index in [9.17, 15) is 0 Å². The van der Waals surface area contributed by atoms with Crippen LogP contribution in [0.2, 0.25) is 0 Å². The van der Waals surface area contributed by atoms with Gasteiger partial charge in [0.2, 0.25) is 0 Å². The molecular weight excluding hydrogens is 224 g/mol. The molecule has 0 atom stereocenters. The van der Waals surface area contributed by atoms with Crippen molar-refractivity contribution in [2.24, 2.45) is 0 Å². The fourth-order valence-corrected chi connectivity index (χ4v) is 0. The second-order valence-electron chi connectivity index (χ2n) is 0. The van der Waals surface area contributed by atoms with E-state index in [1.54, 1.807) is 0 Å². The molecule has 0 heterocycles. The second-order valence-corrected chi connectivity index (χ2v) is 0. The van der Waals surface area contributed by atoms with Crippen LogP contribution in [0.4, 0.5) is 0 Å². The minimum atomic E-state index is 0. The molecule has 56 valence electrons. The van der Waals surface area contributed by atoms with E-state index in [-0.39, 0.29) is 93.8 Å². The number of hydrogen-bond donors (Lipinski definition) is 0. The van der Waals surface area contributed by atoms with Crippen molar-refractivity contribution in [1.29, 1.82) is 0 Å². The van der Waals surface area contributed by atoms with Crippen LogP contribution in [0.5, 0.6) is 0 Å². The number of halogens is 3. The van der Waals surface area contributed by atoms with Crippen molar-refractivity contribution in [3.8, 4) is 0 Å². The topological polar surface area (TPSA) is 122 Å². The van der Waals surface area contributed by atoms with Gasteiger partial charge in [0.1, 0.15) is 0 Å². The van der Waals surface area contributed by atoms with Gasteiger partial charge in [0, 0.05) is 0 Å². The molecule has 9 heteroatoms. The van der Waals surface area contributed by atoms with Gasteiger partial charge in [-0.05, 0) is 0 Å². The average molecular weight is 229 g/mol. The van der Waals surface area contributed by atoms with Gasteiger partial charge >= 0.3 is 34.7 Å². The first-order valence-corrected chi connectivity index (χ1v) is 0. The Balaban J connectivity index is 0. The zero-order valence-electron chi connectivity index (χ0n) is 4.13. The molecule has 0 aromatic heterocycles. The Kier molecular flexibility index (Phi) is 8680. The molecule has 0 saturated carbocycles. The zero-order valence-corrected chi connectivity index (χ0v) is 8.71.